The minimum atomic E-state index is -0.153. The van der Waals surface area contributed by atoms with Crippen LogP contribution in [0.25, 0.3) is 0 Å². The molecular weight excluding hydrogens is 290 g/mol. The predicted octanol–water partition coefficient (Wildman–Crippen LogP) is 2.18. The largest absolute Gasteiger partial charge is 0.398 e. The number of anilines is 1. The average Bonchev–Trinajstić information content (AvgIpc) is 3.03. The molecule has 0 radical (unpaired) electrons. The van der Waals surface area contributed by atoms with Crippen LogP contribution in [-0.2, 0) is 4.79 Å². The molecule has 1 aliphatic carbocycles. The van der Waals surface area contributed by atoms with E-state index < -0.39 is 0 Å². The molecule has 3 N–H and O–H groups in total. The summed E-state index contributed by atoms with van der Waals surface area (Å²) in [5.74, 6) is 0.323. The van der Waals surface area contributed by atoms with Gasteiger partial charge in [0.2, 0.25) is 5.91 Å². The molecule has 2 fully saturated rings. The standard InChI is InChI=1S/C18H25N3O2/c19-16-9-5-4-8-15(16)17(22)20-14-10-11-21(12-14)18(23)13-6-2-1-3-7-13/h4-5,8-9,13-14H,1-3,6-7,10-12,19H2,(H,20,22). The zero-order valence-electron chi connectivity index (χ0n) is 13.5. The highest BCUT2D eigenvalue weighted by Gasteiger charge is 2.32. The first-order valence-corrected chi connectivity index (χ1v) is 8.59. The summed E-state index contributed by atoms with van der Waals surface area (Å²) in [6, 6.07) is 7.09. The Morgan fingerprint density at radius 1 is 1.09 bits per heavy atom. The summed E-state index contributed by atoms with van der Waals surface area (Å²) in [6.07, 6.45) is 6.44. The first-order valence-electron chi connectivity index (χ1n) is 8.59. The zero-order valence-corrected chi connectivity index (χ0v) is 13.5. The number of rotatable bonds is 3. The highest BCUT2D eigenvalue weighted by Crippen LogP contribution is 2.26. The normalized spacial score (nSPS) is 22.1. The van der Waals surface area contributed by atoms with E-state index in [1.54, 1.807) is 18.2 Å². The number of benzene rings is 1. The summed E-state index contributed by atoms with van der Waals surface area (Å²) in [5, 5.41) is 3.01. The summed E-state index contributed by atoms with van der Waals surface area (Å²) < 4.78 is 0. The van der Waals surface area contributed by atoms with Crippen LogP contribution in [-0.4, -0.2) is 35.8 Å². The third-order valence-corrected chi connectivity index (χ3v) is 4.99. The van der Waals surface area contributed by atoms with Gasteiger partial charge >= 0.3 is 0 Å². The van der Waals surface area contributed by atoms with Gasteiger partial charge in [-0.3, -0.25) is 9.59 Å². The van der Waals surface area contributed by atoms with E-state index in [1.807, 2.05) is 11.0 Å². The topological polar surface area (TPSA) is 75.4 Å². The fourth-order valence-corrected chi connectivity index (χ4v) is 3.65. The molecule has 3 rings (SSSR count). The van der Waals surface area contributed by atoms with Gasteiger partial charge in [0.1, 0.15) is 0 Å². The molecule has 5 heteroatoms. The summed E-state index contributed by atoms with van der Waals surface area (Å²) in [5.41, 5.74) is 6.83. The molecule has 23 heavy (non-hydrogen) atoms. The molecule has 1 saturated heterocycles. The highest BCUT2D eigenvalue weighted by atomic mass is 16.2. The third kappa shape index (κ3) is 3.66. The molecule has 1 aromatic carbocycles. The fraction of sp³-hybridized carbons (Fsp3) is 0.556. The number of amides is 2. The Morgan fingerprint density at radius 2 is 1.83 bits per heavy atom. The van der Waals surface area contributed by atoms with Crippen LogP contribution >= 0.6 is 0 Å². The Bertz CT molecular complexity index is 581. The molecule has 2 amide bonds. The van der Waals surface area contributed by atoms with E-state index in [9.17, 15) is 9.59 Å². The number of nitrogen functional groups attached to an aromatic ring is 1. The minimum Gasteiger partial charge on any atom is -0.398 e. The van der Waals surface area contributed by atoms with Crippen LogP contribution in [0.5, 0.6) is 0 Å². The third-order valence-electron chi connectivity index (χ3n) is 4.99. The van der Waals surface area contributed by atoms with Gasteiger partial charge in [-0.1, -0.05) is 31.4 Å². The Balaban J connectivity index is 1.54. The van der Waals surface area contributed by atoms with Gasteiger partial charge < -0.3 is 16.0 Å². The Kier molecular flexibility index (Phi) is 4.84. The van der Waals surface area contributed by atoms with Gasteiger partial charge in [-0.15, -0.1) is 0 Å². The van der Waals surface area contributed by atoms with Crippen molar-refractivity contribution >= 4 is 17.5 Å². The van der Waals surface area contributed by atoms with Gasteiger partial charge in [0.15, 0.2) is 0 Å². The number of hydrogen-bond donors (Lipinski definition) is 2. The number of carbonyl (C=O) groups excluding carboxylic acids is 2. The molecule has 0 bridgehead atoms. The molecule has 2 aliphatic rings. The molecule has 1 heterocycles. The van der Waals surface area contributed by atoms with Crippen LogP contribution in [0.4, 0.5) is 5.69 Å². The van der Waals surface area contributed by atoms with E-state index >= 15 is 0 Å². The molecule has 0 spiro atoms. The molecule has 5 nitrogen and oxygen atoms in total. The lowest BCUT2D eigenvalue weighted by Gasteiger charge is -2.26. The van der Waals surface area contributed by atoms with Crippen molar-refractivity contribution in [3.05, 3.63) is 29.8 Å². The number of hydrogen-bond acceptors (Lipinski definition) is 3. The first-order chi connectivity index (χ1) is 11.1. The van der Waals surface area contributed by atoms with Crippen molar-refractivity contribution in [3.63, 3.8) is 0 Å². The number of likely N-dealkylation sites (tertiary alicyclic amines) is 1. The monoisotopic (exact) mass is 315 g/mol. The second-order valence-corrected chi connectivity index (χ2v) is 6.67. The van der Waals surface area contributed by atoms with E-state index in [1.165, 1.54) is 6.42 Å². The summed E-state index contributed by atoms with van der Waals surface area (Å²) in [6.45, 7) is 1.36. The molecule has 1 atom stereocenters. The van der Waals surface area contributed by atoms with E-state index in [0.717, 1.165) is 38.6 Å². The van der Waals surface area contributed by atoms with Crippen molar-refractivity contribution in [1.82, 2.24) is 10.2 Å². The molecule has 1 aromatic rings. The quantitative estimate of drug-likeness (QED) is 0.840. The van der Waals surface area contributed by atoms with Crippen LogP contribution in [0, 0.1) is 5.92 Å². The molecular formula is C18H25N3O2. The lowest BCUT2D eigenvalue weighted by molar-refractivity contribution is -0.135. The molecule has 1 saturated carbocycles. The van der Waals surface area contributed by atoms with Gasteiger partial charge in [0.05, 0.1) is 5.56 Å². The van der Waals surface area contributed by atoms with Gasteiger partial charge in [0, 0.05) is 30.7 Å². The summed E-state index contributed by atoms with van der Waals surface area (Å²) >= 11 is 0. The Labute approximate surface area is 137 Å². The maximum absolute atomic E-state index is 12.5. The number of nitrogens with one attached hydrogen (secondary N) is 1. The average molecular weight is 315 g/mol. The molecule has 1 unspecified atom stereocenters. The van der Waals surface area contributed by atoms with Crippen LogP contribution < -0.4 is 11.1 Å². The molecule has 124 valence electrons. The van der Waals surface area contributed by atoms with Crippen molar-refractivity contribution < 1.29 is 9.59 Å². The fourth-order valence-electron chi connectivity index (χ4n) is 3.65. The van der Waals surface area contributed by atoms with Crippen LogP contribution in [0.1, 0.15) is 48.9 Å². The second kappa shape index (κ2) is 7.02. The lowest BCUT2D eigenvalue weighted by Crippen LogP contribution is -2.40. The molecule has 1 aliphatic heterocycles. The summed E-state index contributed by atoms with van der Waals surface area (Å²) in [4.78, 5) is 26.8. The number of nitrogens with two attached hydrogens (primary N) is 1. The minimum absolute atomic E-state index is 0.0228. The predicted molar refractivity (Wildman–Crippen MR) is 89.9 cm³/mol. The van der Waals surface area contributed by atoms with Gasteiger partial charge in [0.25, 0.3) is 5.91 Å². The molecule has 0 aromatic heterocycles. The van der Waals surface area contributed by atoms with Crippen LogP contribution in [0.15, 0.2) is 24.3 Å². The van der Waals surface area contributed by atoms with Crippen molar-refractivity contribution in [2.45, 2.75) is 44.6 Å². The number of para-hydroxylation sites is 1. The van der Waals surface area contributed by atoms with E-state index in [-0.39, 0.29) is 23.8 Å². The Hall–Kier alpha value is -2.04. The highest BCUT2D eigenvalue weighted by molar-refractivity contribution is 5.99. The number of nitrogens with zero attached hydrogens (tertiary/aromatic N) is 1. The zero-order chi connectivity index (χ0) is 16.2. The van der Waals surface area contributed by atoms with Gasteiger partial charge in [-0.25, -0.2) is 0 Å². The first kappa shape index (κ1) is 15.8. The number of carbonyl (C=O) groups is 2. The smallest absolute Gasteiger partial charge is 0.253 e. The van der Waals surface area contributed by atoms with Crippen LogP contribution in [0.3, 0.4) is 0 Å². The summed E-state index contributed by atoms with van der Waals surface area (Å²) in [7, 11) is 0. The van der Waals surface area contributed by atoms with Crippen molar-refractivity contribution in [2.24, 2.45) is 5.92 Å². The SMILES string of the molecule is Nc1ccccc1C(=O)NC1CCN(C(=O)C2CCCCC2)C1. The van der Waals surface area contributed by atoms with Crippen molar-refractivity contribution in [1.29, 1.82) is 0 Å². The van der Waals surface area contributed by atoms with E-state index in [4.69, 9.17) is 5.73 Å². The maximum Gasteiger partial charge on any atom is 0.253 e. The maximum atomic E-state index is 12.5. The van der Waals surface area contributed by atoms with Crippen molar-refractivity contribution in [2.75, 3.05) is 18.8 Å². The van der Waals surface area contributed by atoms with Crippen molar-refractivity contribution in [3.8, 4) is 0 Å². The van der Waals surface area contributed by atoms with Crippen LogP contribution in [0.2, 0.25) is 0 Å². The van der Waals surface area contributed by atoms with E-state index in [2.05, 4.69) is 5.32 Å². The second-order valence-electron chi connectivity index (χ2n) is 6.67. The van der Waals surface area contributed by atoms with Gasteiger partial charge in [-0.05, 0) is 31.4 Å². The van der Waals surface area contributed by atoms with Gasteiger partial charge in [-0.2, -0.15) is 0 Å². The van der Waals surface area contributed by atoms with E-state index in [0.29, 0.717) is 17.8 Å². The Morgan fingerprint density at radius 3 is 2.57 bits per heavy atom. The lowest BCUT2D eigenvalue weighted by atomic mass is 9.88.